The van der Waals surface area contributed by atoms with E-state index in [9.17, 15) is 14.7 Å². The Kier molecular flexibility index (Phi) is 5.14. The Morgan fingerprint density at radius 3 is 2.61 bits per heavy atom. The zero-order valence-corrected chi connectivity index (χ0v) is 17.7. The minimum Gasteiger partial charge on any atom is -0.508 e. The number of nitrogens with one attached hydrogen (secondary N) is 1. The van der Waals surface area contributed by atoms with E-state index in [1.165, 1.54) is 11.0 Å². The fourth-order valence-corrected chi connectivity index (χ4v) is 4.31. The maximum atomic E-state index is 13.7. The van der Waals surface area contributed by atoms with Gasteiger partial charge in [-0.1, -0.05) is 48.5 Å². The van der Waals surface area contributed by atoms with Crippen molar-refractivity contribution in [2.45, 2.75) is 12.5 Å². The van der Waals surface area contributed by atoms with Crippen LogP contribution in [0.25, 0.3) is 10.9 Å². The molecule has 164 valence electrons. The summed E-state index contributed by atoms with van der Waals surface area (Å²) in [6.07, 6.45) is 2.23. The number of phenols is 1. The Balaban J connectivity index is 1.68. The molecule has 0 saturated carbocycles. The van der Waals surface area contributed by atoms with Crippen LogP contribution in [0.5, 0.6) is 5.75 Å². The Labute approximate surface area is 190 Å². The predicted molar refractivity (Wildman–Crippen MR) is 128 cm³/mol. The van der Waals surface area contributed by atoms with Crippen LogP contribution >= 0.6 is 0 Å². The van der Waals surface area contributed by atoms with Crippen LogP contribution in [0.2, 0.25) is 0 Å². The van der Waals surface area contributed by atoms with Gasteiger partial charge >= 0.3 is 0 Å². The monoisotopic (exact) mass is 438 g/mol. The van der Waals surface area contributed by atoms with Gasteiger partial charge in [0.2, 0.25) is 5.91 Å². The number of benzodiazepines with no additional fused rings is 1. The highest BCUT2D eigenvalue weighted by atomic mass is 16.3. The summed E-state index contributed by atoms with van der Waals surface area (Å²) in [5.74, 6) is -1.01. The van der Waals surface area contributed by atoms with Gasteiger partial charge in [0.1, 0.15) is 18.3 Å². The summed E-state index contributed by atoms with van der Waals surface area (Å²) < 4.78 is 0. The molecule has 4 aromatic rings. The Hall–Kier alpha value is -4.39. The fourth-order valence-electron chi connectivity index (χ4n) is 4.31. The quantitative estimate of drug-likeness (QED) is 0.445. The molecule has 1 atom stereocenters. The van der Waals surface area contributed by atoms with E-state index in [-0.39, 0.29) is 18.2 Å². The van der Waals surface area contributed by atoms with Crippen molar-refractivity contribution in [1.82, 2.24) is 4.98 Å². The van der Waals surface area contributed by atoms with Gasteiger partial charge in [0.15, 0.2) is 0 Å². The van der Waals surface area contributed by atoms with E-state index < -0.39 is 11.9 Å². The van der Waals surface area contributed by atoms with E-state index in [4.69, 9.17) is 10.7 Å². The van der Waals surface area contributed by atoms with Gasteiger partial charge in [0, 0.05) is 40.7 Å². The Morgan fingerprint density at radius 1 is 1.06 bits per heavy atom. The maximum Gasteiger partial charge on any atom is 0.252 e. The first-order valence-corrected chi connectivity index (χ1v) is 10.6. The number of carbonyl (C=O) groups excluding carboxylic acids is 2. The molecule has 0 fully saturated rings. The third kappa shape index (κ3) is 3.85. The van der Waals surface area contributed by atoms with Crippen molar-refractivity contribution in [3.05, 3.63) is 95.7 Å². The minimum atomic E-state index is -0.784. The summed E-state index contributed by atoms with van der Waals surface area (Å²) >= 11 is 0. The van der Waals surface area contributed by atoms with Crippen LogP contribution in [-0.2, 0) is 16.0 Å². The number of nitrogens with zero attached hydrogens (tertiary/aromatic N) is 2. The second-order valence-corrected chi connectivity index (χ2v) is 8.02. The van der Waals surface area contributed by atoms with Crippen molar-refractivity contribution in [3.63, 3.8) is 0 Å². The third-order valence-corrected chi connectivity index (χ3v) is 5.81. The first kappa shape index (κ1) is 20.5. The summed E-state index contributed by atoms with van der Waals surface area (Å²) in [7, 11) is 0. The van der Waals surface area contributed by atoms with E-state index in [0.717, 1.165) is 22.0 Å². The minimum absolute atomic E-state index is 0.0153. The van der Waals surface area contributed by atoms with Gasteiger partial charge in [-0.3, -0.25) is 14.6 Å². The fraction of sp³-hybridized carbons (Fsp3) is 0.115. The number of nitrogens with two attached hydrogens (primary N) is 1. The van der Waals surface area contributed by atoms with Crippen LogP contribution in [-0.4, -0.2) is 40.2 Å². The molecule has 0 aliphatic carbocycles. The second kappa shape index (κ2) is 8.27. The molecule has 0 bridgehead atoms. The maximum absolute atomic E-state index is 13.7. The van der Waals surface area contributed by atoms with Gasteiger partial charge in [-0.15, -0.1) is 0 Å². The molecule has 1 aliphatic heterocycles. The molecule has 1 unspecified atom stereocenters. The molecular weight excluding hydrogens is 416 g/mol. The predicted octanol–water partition coefficient (Wildman–Crippen LogP) is 3.15. The van der Waals surface area contributed by atoms with E-state index >= 15 is 0 Å². The highest BCUT2D eigenvalue weighted by molar-refractivity contribution is 6.20. The first-order chi connectivity index (χ1) is 16.0. The number of anilines is 1. The number of aliphatic imine (C=N–C) groups is 1. The number of phenolic OH excluding ortho intramolecular Hbond substituents is 1. The number of H-pyrrole nitrogens is 1. The first-order valence-electron chi connectivity index (χ1n) is 10.6. The summed E-state index contributed by atoms with van der Waals surface area (Å²) in [6.45, 7) is -0.308. The zero-order valence-electron chi connectivity index (χ0n) is 17.7. The Morgan fingerprint density at radius 2 is 1.82 bits per heavy atom. The van der Waals surface area contributed by atoms with Gasteiger partial charge in [-0.25, -0.2) is 0 Å². The SMILES string of the molecule is NC(=O)CN1C(=O)C(Cc2c[nH]c3ccccc23)N=C(c2ccccc2)c2ccc(O)cc21. The molecule has 2 amide bonds. The lowest BCUT2D eigenvalue weighted by Gasteiger charge is -2.24. The van der Waals surface area contributed by atoms with Crippen LogP contribution in [0, 0.1) is 0 Å². The number of carbonyl (C=O) groups is 2. The second-order valence-electron chi connectivity index (χ2n) is 8.02. The zero-order chi connectivity index (χ0) is 22.9. The topological polar surface area (TPSA) is 112 Å². The molecule has 0 radical (unpaired) electrons. The molecule has 1 aliphatic rings. The van der Waals surface area contributed by atoms with Gasteiger partial charge in [-0.05, 0) is 23.8 Å². The largest absolute Gasteiger partial charge is 0.508 e. The number of aromatic amines is 1. The van der Waals surface area contributed by atoms with Crippen molar-refractivity contribution in [1.29, 1.82) is 0 Å². The number of primary amides is 1. The lowest BCUT2D eigenvalue weighted by Crippen LogP contribution is -2.43. The van der Waals surface area contributed by atoms with Crippen molar-refractivity contribution >= 4 is 34.1 Å². The number of aromatic hydroxyl groups is 1. The molecule has 7 nitrogen and oxygen atoms in total. The van der Waals surface area contributed by atoms with Gasteiger partial charge in [0.25, 0.3) is 5.91 Å². The molecule has 3 aromatic carbocycles. The van der Waals surface area contributed by atoms with Crippen LogP contribution < -0.4 is 10.6 Å². The molecule has 33 heavy (non-hydrogen) atoms. The molecule has 4 N–H and O–H groups in total. The average Bonchev–Trinajstić information content (AvgIpc) is 3.19. The number of aromatic nitrogens is 1. The van der Waals surface area contributed by atoms with Crippen LogP contribution in [0.15, 0.2) is 84.0 Å². The third-order valence-electron chi connectivity index (χ3n) is 5.81. The van der Waals surface area contributed by atoms with E-state index in [2.05, 4.69) is 4.98 Å². The summed E-state index contributed by atoms with van der Waals surface area (Å²) in [6, 6.07) is 21.4. The standard InChI is InChI=1S/C26H22N4O3/c27-24(32)15-30-23-13-18(31)10-11-20(23)25(16-6-2-1-3-7-16)29-22(26(30)33)12-17-14-28-21-9-5-4-8-19(17)21/h1-11,13-14,22,28,31H,12,15H2,(H2,27,32). The molecule has 1 aromatic heterocycles. The number of fused-ring (bicyclic) bond motifs is 2. The van der Waals surface area contributed by atoms with Crippen molar-refractivity contribution in [2.24, 2.45) is 10.7 Å². The summed E-state index contributed by atoms with van der Waals surface area (Å²) in [5, 5.41) is 11.2. The Bertz CT molecular complexity index is 1390. The van der Waals surface area contributed by atoms with E-state index in [1.807, 2.05) is 60.8 Å². The van der Waals surface area contributed by atoms with Gasteiger partial charge in [0.05, 0.1) is 11.4 Å². The van der Waals surface area contributed by atoms with Crippen LogP contribution in [0.1, 0.15) is 16.7 Å². The average molecular weight is 438 g/mol. The van der Waals surface area contributed by atoms with E-state index in [1.54, 1.807) is 12.1 Å². The lowest BCUT2D eigenvalue weighted by atomic mass is 10.00. The molecule has 2 heterocycles. The molecule has 5 rings (SSSR count). The van der Waals surface area contributed by atoms with Crippen LogP contribution in [0.4, 0.5) is 5.69 Å². The number of rotatable bonds is 5. The molecule has 7 heteroatoms. The highest BCUT2D eigenvalue weighted by Crippen LogP contribution is 2.33. The number of hydrogen-bond acceptors (Lipinski definition) is 4. The lowest BCUT2D eigenvalue weighted by molar-refractivity contribution is -0.123. The van der Waals surface area contributed by atoms with Gasteiger partial charge < -0.3 is 20.7 Å². The van der Waals surface area contributed by atoms with E-state index in [0.29, 0.717) is 23.4 Å². The molecule has 0 spiro atoms. The summed E-state index contributed by atoms with van der Waals surface area (Å²) in [4.78, 5) is 35.1. The van der Waals surface area contributed by atoms with Crippen molar-refractivity contribution < 1.29 is 14.7 Å². The van der Waals surface area contributed by atoms with Crippen molar-refractivity contribution in [3.8, 4) is 5.75 Å². The number of benzene rings is 3. The smallest absolute Gasteiger partial charge is 0.252 e. The highest BCUT2D eigenvalue weighted by Gasteiger charge is 2.33. The van der Waals surface area contributed by atoms with Crippen LogP contribution in [0.3, 0.4) is 0 Å². The molecular formula is C26H22N4O3. The van der Waals surface area contributed by atoms with Gasteiger partial charge in [-0.2, -0.15) is 0 Å². The number of para-hydroxylation sites is 1. The summed E-state index contributed by atoms with van der Waals surface area (Å²) in [5.41, 5.74) is 9.93. The normalized spacial score (nSPS) is 15.8. The van der Waals surface area contributed by atoms with Crippen molar-refractivity contribution in [2.75, 3.05) is 11.4 Å². The molecule has 0 saturated heterocycles. The number of amides is 2. The number of hydrogen-bond donors (Lipinski definition) is 3.